The second kappa shape index (κ2) is 33.3. The van der Waals surface area contributed by atoms with Gasteiger partial charge in [0.1, 0.15) is 31.2 Å². The molecule has 1 aliphatic rings. The van der Waals surface area contributed by atoms with E-state index in [9.17, 15) is 28.8 Å². The van der Waals surface area contributed by atoms with Crippen molar-refractivity contribution < 1.29 is 81.2 Å². The molecule has 1 rings (SSSR count). The summed E-state index contributed by atoms with van der Waals surface area (Å²) in [6.45, 7) is 13.6. The molecule has 0 aromatic heterocycles. The Kier molecular flexibility index (Phi) is 35.7. The van der Waals surface area contributed by atoms with Crippen LogP contribution in [0, 0.1) is 0 Å². The number of hydrogen-bond acceptors (Lipinski definition) is 17. The van der Waals surface area contributed by atoms with Gasteiger partial charge in [-0.05, 0) is 27.7 Å². The van der Waals surface area contributed by atoms with Crippen LogP contribution in [0.5, 0.6) is 0 Å². The third-order valence-electron chi connectivity index (χ3n) is 3.98. The van der Waals surface area contributed by atoms with Crippen LogP contribution in [0.1, 0.15) is 27.7 Å². The van der Waals surface area contributed by atoms with Crippen molar-refractivity contribution >= 4 is 47.7 Å². The number of methoxy groups -OCH3 is 3. The monoisotopic (exact) mass is 676 g/mol. The summed E-state index contributed by atoms with van der Waals surface area (Å²) in [6.07, 6.45) is -1.49. The van der Waals surface area contributed by atoms with Gasteiger partial charge in [0.25, 0.3) is 0 Å². The maximum absolute atomic E-state index is 11.1. The molecular weight excluding hydrogens is 632 g/mol. The molecule has 0 aliphatic carbocycles. The van der Waals surface area contributed by atoms with E-state index in [4.69, 9.17) is 14.9 Å². The van der Waals surface area contributed by atoms with Gasteiger partial charge in [0, 0.05) is 33.5 Å². The first-order valence-corrected chi connectivity index (χ1v) is 13.2. The summed E-state index contributed by atoms with van der Waals surface area (Å²) in [7, 11) is 4.56. The molecule has 17 nitrogen and oxygen atoms in total. The van der Waals surface area contributed by atoms with Crippen LogP contribution in [0.3, 0.4) is 0 Å². The van der Waals surface area contributed by atoms with Gasteiger partial charge in [0.05, 0.1) is 26.4 Å². The SMILES string of the molecule is C=CC(=O)OC(C)C(=O)OCCOC.C=CC(=O)OCl.CC1OC(=O)C(C)OC1=O.COCCO.COCCOC(=O)C(C)O. The molecule has 1 aliphatic heterocycles. The zero-order valence-electron chi connectivity index (χ0n) is 26.5. The van der Waals surface area contributed by atoms with Crippen molar-refractivity contribution in [2.45, 2.75) is 52.1 Å². The van der Waals surface area contributed by atoms with Gasteiger partial charge in [-0.1, -0.05) is 13.2 Å². The Bertz CT molecular complexity index is 840. The first-order chi connectivity index (χ1) is 21.1. The minimum absolute atomic E-state index is 0.122. The van der Waals surface area contributed by atoms with Crippen LogP contribution in [-0.2, 0) is 71.0 Å². The largest absolute Gasteiger partial charge is 0.461 e. The van der Waals surface area contributed by atoms with Crippen LogP contribution in [0.15, 0.2) is 25.3 Å². The first-order valence-electron chi connectivity index (χ1n) is 12.9. The highest BCUT2D eigenvalue weighted by atomic mass is 35.5. The Hall–Kier alpha value is -3.61. The summed E-state index contributed by atoms with van der Waals surface area (Å²) < 4.78 is 40.4. The van der Waals surface area contributed by atoms with Gasteiger partial charge in [-0.2, -0.15) is 0 Å². The first kappa shape index (κ1) is 48.3. The number of esters is 5. The number of rotatable bonds is 13. The van der Waals surface area contributed by atoms with Gasteiger partial charge >= 0.3 is 35.8 Å². The van der Waals surface area contributed by atoms with Gasteiger partial charge in [-0.3, -0.25) is 0 Å². The Morgan fingerprint density at radius 2 is 1.20 bits per heavy atom. The van der Waals surface area contributed by atoms with E-state index in [1.165, 1.54) is 41.9 Å². The van der Waals surface area contributed by atoms with Gasteiger partial charge in [0.2, 0.25) is 0 Å². The van der Waals surface area contributed by atoms with Gasteiger partial charge in [0.15, 0.2) is 18.3 Å². The Morgan fingerprint density at radius 3 is 1.47 bits per heavy atom. The average Bonchev–Trinajstić information content (AvgIpc) is 3.01. The van der Waals surface area contributed by atoms with Crippen molar-refractivity contribution in [1.29, 1.82) is 0 Å². The second-order valence-electron chi connectivity index (χ2n) is 7.75. The van der Waals surface area contributed by atoms with Crippen LogP contribution < -0.4 is 0 Å². The topological polar surface area (TPSA) is 226 Å². The third-order valence-corrected chi connectivity index (χ3v) is 4.14. The maximum Gasteiger partial charge on any atom is 0.348 e. The number of cyclic esters (lactones) is 2. The van der Waals surface area contributed by atoms with E-state index >= 15 is 0 Å². The standard InChI is InChI=1S/C9H14O5.C6H8O4.C6H12O4.C3H3ClO2.C3H8O2/c1-4-8(10)14-7(2)9(11)13-6-5-12-3;1-3-5(7)10-4(2)6(8)9-3;1-5(7)6(8)10-4-3-9-2;1-2-3(5)6-4;1-5-3-2-4/h4,7H,1,5-6H2,2-3H3;3-4H,1-2H3;5,7H,3-4H2,1-2H3;2H,1H2;4H,2-3H2,1H3. The van der Waals surface area contributed by atoms with Crippen LogP contribution in [-0.4, -0.2) is 131 Å². The van der Waals surface area contributed by atoms with E-state index in [1.807, 2.05) is 0 Å². The normalized spacial score (nSPS) is 15.6. The predicted molar refractivity (Wildman–Crippen MR) is 155 cm³/mol. The van der Waals surface area contributed by atoms with Crippen molar-refractivity contribution in [2.24, 2.45) is 0 Å². The number of aliphatic hydroxyl groups is 2. The fraction of sp³-hybridized carbons (Fsp3) is 0.630. The number of halogens is 1. The quantitative estimate of drug-likeness (QED) is 0.115. The van der Waals surface area contributed by atoms with Crippen molar-refractivity contribution in [3.05, 3.63) is 25.3 Å². The highest BCUT2D eigenvalue weighted by Crippen LogP contribution is 2.08. The van der Waals surface area contributed by atoms with Gasteiger partial charge in [-0.15, -0.1) is 0 Å². The minimum Gasteiger partial charge on any atom is -0.461 e. The summed E-state index contributed by atoms with van der Waals surface area (Å²) in [5, 5.41) is 16.5. The molecule has 262 valence electrons. The lowest BCUT2D eigenvalue weighted by atomic mass is 10.3. The van der Waals surface area contributed by atoms with Gasteiger partial charge in [-0.25, -0.2) is 28.8 Å². The van der Waals surface area contributed by atoms with Crippen LogP contribution in [0.2, 0.25) is 0 Å². The fourth-order valence-electron chi connectivity index (χ4n) is 1.72. The lowest BCUT2D eigenvalue weighted by molar-refractivity contribution is -0.191. The highest BCUT2D eigenvalue weighted by Gasteiger charge is 2.32. The number of carbonyl (C=O) groups excluding carboxylic acids is 6. The summed E-state index contributed by atoms with van der Waals surface area (Å²) in [5.41, 5.74) is 0. The lowest BCUT2D eigenvalue weighted by Crippen LogP contribution is -2.40. The number of carbonyl (C=O) groups is 6. The van der Waals surface area contributed by atoms with E-state index in [0.29, 0.717) is 19.8 Å². The smallest absolute Gasteiger partial charge is 0.348 e. The molecule has 2 N–H and O–H groups in total. The summed E-state index contributed by atoms with van der Waals surface area (Å²) >= 11 is 4.53. The van der Waals surface area contributed by atoms with Crippen LogP contribution in [0.4, 0.5) is 0 Å². The van der Waals surface area contributed by atoms with E-state index in [1.54, 1.807) is 7.11 Å². The number of aliphatic hydroxyl groups excluding tert-OH is 2. The molecular formula is C27H45ClO17. The molecule has 0 bridgehead atoms. The van der Waals surface area contributed by atoms with E-state index in [2.05, 4.69) is 62.5 Å². The summed E-state index contributed by atoms with van der Waals surface area (Å²) in [6, 6.07) is 0. The minimum atomic E-state index is -1.04. The van der Waals surface area contributed by atoms with E-state index in [0.717, 1.165) is 12.2 Å². The highest BCUT2D eigenvalue weighted by molar-refractivity contribution is 6.14. The van der Waals surface area contributed by atoms with Crippen LogP contribution >= 0.6 is 11.9 Å². The van der Waals surface area contributed by atoms with Crippen molar-refractivity contribution in [2.75, 3.05) is 61.0 Å². The zero-order valence-corrected chi connectivity index (χ0v) is 27.3. The van der Waals surface area contributed by atoms with E-state index < -0.39 is 60.2 Å². The molecule has 0 saturated carbocycles. The molecule has 0 amide bonds. The molecule has 4 atom stereocenters. The number of hydrogen-bond donors (Lipinski definition) is 2. The molecule has 1 fully saturated rings. The van der Waals surface area contributed by atoms with E-state index in [-0.39, 0.29) is 19.8 Å². The van der Waals surface area contributed by atoms with Crippen molar-refractivity contribution in [3.63, 3.8) is 0 Å². The molecule has 0 radical (unpaired) electrons. The molecule has 18 heteroatoms. The number of ether oxygens (including phenoxy) is 8. The second-order valence-corrected chi connectivity index (χ2v) is 7.91. The summed E-state index contributed by atoms with van der Waals surface area (Å²) in [5.74, 6) is -3.45. The van der Waals surface area contributed by atoms with Gasteiger partial charge < -0.3 is 52.4 Å². The van der Waals surface area contributed by atoms with Crippen LogP contribution in [0.25, 0.3) is 0 Å². The van der Waals surface area contributed by atoms with Crippen molar-refractivity contribution in [3.8, 4) is 0 Å². The molecule has 0 aromatic rings. The Labute approximate surface area is 267 Å². The fourth-order valence-corrected chi connectivity index (χ4v) is 1.78. The molecule has 0 spiro atoms. The molecule has 4 unspecified atom stereocenters. The zero-order chi connectivity index (χ0) is 35.8. The third kappa shape index (κ3) is 33.1. The Morgan fingerprint density at radius 1 is 0.800 bits per heavy atom. The van der Waals surface area contributed by atoms with Crippen molar-refractivity contribution in [1.82, 2.24) is 0 Å². The molecule has 1 heterocycles. The predicted octanol–water partition coefficient (Wildman–Crippen LogP) is 0.208. The average molecular weight is 677 g/mol. The Balaban J connectivity index is -0.000000244. The maximum atomic E-state index is 11.1. The molecule has 45 heavy (non-hydrogen) atoms. The molecule has 1 saturated heterocycles. The molecule has 0 aromatic carbocycles. The summed E-state index contributed by atoms with van der Waals surface area (Å²) in [4.78, 5) is 63.3. The lowest BCUT2D eigenvalue weighted by Gasteiger charge is -2.22.